The monoisotopic (exact) mass is 446 g/mol. The third-order valence-corrected chi connectivity index (χ3v) is 6.03. The normalized spacial score (nSPS) is 15.9. The highest BCUT2D eigenvalue weighted by Gasteiger charge is 2.32. The molecule has 0 amide bonds. The van der Waals surface area contributed by atoms with E-state index in [1.807, 2.05) is 41.4 Å². The minimum absolute atomic E-state index is 0.0513. The van der Waals surface area contributed by atoms with Crippen molar-refractivity contribution < 1.29 is 4.42 Å². The zero-order chi connectivity index (χ0) is 21.4. The Kier molecular flexibility index (Phi) is 5.31. The fourth-order valence-electron chi connectivity index (χ4n) is 3.84. The highest BCUT2D eigenvalue weighted by molar-refractivity contribution is 6.35. The number of hydrogen-bond acceptors (Lipinski definition) is 3. The van der Waals surface area contributed by atoms with Gasteiger partial charge in [-0.15, -0.1) is 0 Å². The van der Waals surface area contributed by atoms with Gasteiger partial charge in [0.25, 0.3) is 0 Å². The molecule has 3 aromatic carbocycles. The molecule has 1 unspecified atom stereocenters. The summed E-state index contributed by atoms with van der Waals surface area (Å²) >= 11 is 12.6. The summed E-state index contributed by atoms with van der Waals surface area (Å²) < 4.78 is 6.29. The lowest BCUT2D eigenvalue weighted by Crippen LogP contribution is -2.17. The van der Waals surface area contributed by atoms with E-state index in [0.717, 1.165) is 34.7 Å². The van der Waals surface area contributed by atoms with Crippen molar-refractivity contribution >= 4 is 34.6 Å². The van der Waals surface area contributed by atoms with Crippen molar-refractivity contribution in [3.63, 3.8) is 0 Å². The minimum atomic E-state index is -0.0513. The highest BCUT2D eigenvalue weighted by Crippen LogP contribution is 2.40. The van der Waals surface area contributed by atoms with E-state index in [9.17, 15) is 0 Å². The molecule has 1 atom stereocenters. The van der Waals surface area contributed by atoms with Crippen LogP contribution in [0.2, 0.25) is 10.0 Å². The molecule has 4 aromatic rings. The minimum Gasteiger partial charge on any atom is -0.459 e. The molecule has 0 bridgehead atoms. The molecule has 154 valence electrons. The van der Waals surface area contributed by atoms with E-state index in [1.54, 1.807) is 12.1 Å². The fourth-order valence-corrected chi connectivity index (χ4v) is 4.22. The van der Waals surface area contributed by atoms with Crippen LogP contribution >= 0.6 is 23.2 Å². The lowest BCUT2D eigenvalue weighted by Gasteiger charge is -2.22. The molecule has 5 rings (SSSR count). The van der Waals surface area contributed by atoms with Gasteiger partial charge >= 0.3 is 0 Å². The zero-order valence-corrected chi connectivity index (χ0v) is 18.4. The van der Waals surface area contributed by atoms with Crippen molar-refractivity contribution in [3.05, 3.63) is 112 Å². The van der Waals surface area contributed by atoms with Crippen molar-refractivity contribution in [1.29, 1.82) is 0 Å². The summed E-state index contributed by atoms with van der Waals surface area (Å²) in [6.45, 7) is 2.08. The second-order valence-corrected chi connectivity index (χ2v) is 8.48. The van der Waals surface area contributed by atoms with Crippen molar-refractivity contribution in [2.45, 2.75) is 19.4 Å². The molecular weight excluding hydrogens is 427 g/mol. The topological polar surface area (TPSA) is 28.7 Å². The van der Waals surface area contributed by atoms with E-state index in [-0.39, 0.29) is 6.04 Å². The molecule has 1 aliphatic heterocycles. The SMILES string of the molecule is Cc1ccc(N2N=C(c3ccccc3)CC2c2ccc(-c3cc(Cl)ccc3Cl)o2)cc1. The van der Waals surface area contributed by atoms with Crippen molar-refractivity contribution in [1.82, 2.24) is 0 Å². The third-order valence-electron chi connectivity index (χ3n) is 5.46. The van der Waals surface area contributed by atoms with Crippen LogP contribution in [0.5, 0.6) is 0 Å². The molecule has 3 nitrogen and oxygen atoms in total. The van der Waals surface area contributed by atoms with E-state index in [1.165, 1.54) is 5.56 Å². The molecule has 1 aromatic heterocycles. The predicted octanol–water partition coefficient (Wildman–Crippen LogP) is 7.92. The predicted molar refractivity (Wildman–Crippen MR) is 128 cm³/mol. The average molecular weight is 447 g/mol. The Morgan fingerprint density at radius 3 is 2.45 bits per heavy atom. The van der Waals surface area contributed by atoms with E-state index in [4.69, 9.17) is 32.7 Å². The number of hydrazone groups is 1. The van der Waals surface area contributed by atoms with E-state index < -0.39 is 0 Å². The Bertz CT molecular complexity index is 1250. The van der Waals surface area contributed by atoms with Crippen LogP contribution in [0.15, 0.2) is 94.4 Å². The third kappa shape index (κ3) is 3.99. The standard InChI is InChI=1S/C26H20Cl2N2O/c1-17-7-10-20(11-8-17)30-24(16-23(29-30)18-5-3-2-4-6-18)26-14-13-25(31-26)21-15-19(27)9-12-22(21)28/h2-15,24H,16H2,1H3. The van der Waals surface area contributed by atoms with Gasteiger partial charge in [-0.1, -0.05) is 71.2 Å². The maximum Gasteiger partial charge on any atom is 0.135 e. The van der Waals surface area contributed by atoms with Crippen LogP contribution < -0.4 is 5.01 Å². The quantitative estimate of drug-likeness (QED) is 0.318. The van der Waals surface area contributed by atoms with Crippen LogP contribution in [0, 0.1) is 6.92 Å². The van der Waals surface area contributed by atoms with Gasteiger partial charge in [0.1, 0.15) is 17.6 Å². The van der Waals surface area contributed by atoms with Gasteiger partial charge in [0, 0.05) is 17.0 Å². The summed E-state index contributed by atoms with van der Waals surface area (Å²) in [7, 11) is 0. The van der Waals surface area contributed by atoms with Gasteiger partial charge < -0.3 is 4.42 Å². The largest absolute Gasteiger partial charge is 0.459 e. The summed E-state index contributed by atoms with van der Waals surface area (Å²) in [5.74, 6) is 1.53. The summed E-state index contributed by atoms with van der Waals surface area (Å²) in [4.78, 5) is 0. The Labute approximate surface area is 191 Å². The van der Waals surface area contributed by atoms with Gasteiger partial charge in [-0.3, -0.25) is 5.01 Å². The maximum absolute atomic E-state index is 6.39. The van der Waals surface area contributed by atoms with Gasteiger partial charge in [-0.25, -0.2) is 0 Å². The van der Waals surface area contributed by atoms with Crippen LogP contribution in [-0.2, 0) is 0 Å². The first-order valence-electron chi connectivity index (χ1n) is 10.1. The number of aryl methyl sites for hydroxylation is 1. The van der Waals surface area contributed by atoms with Crippen LogP contribution in [-0.4, -0.2) is 5.71 Å². The molecule has 0 radical (unpaired) electrons. The lowest BCUT2D eigenvalue weighted by atomic mass is 10.0. The van der Waals surface area contributed by atoms with E-state index >= 15 is 0 Å². The smallest absolute Gasteiger partial charge is 0.135 e. The number of rotatable bonds is 4. The molecule has 0 aliphatic carbocycles. The summed E-state index contributed by atoms with van der Waals surface area (Å²) in [5.41, 5.74) is 5.17. The first-order chi connectivity index (χ1) is 15.1. The van der Waals surface area contributed by atoms with Crippen molar-refractivity contribution in [3.8, 4) is 11.3 Å². The Morgan fingerprint density at radius 2 is 1.68 bits per heavy atom. The number of furan rings is 1. The highest BCUT2D eigenvalue weighted by atomic mass is 35.5. The fraction of sp³-hybridized carbons (Fsp3) is 0.115. The van der Waals surface area contributed by atoms with Crippen LogP contribution in [0.4, 0.5) is 5.69 Å². The molecule has 0 saturated heterocycles. The second-order valence-electron chi connectivity index (χ2n) is 7.64. The van der Waals surface area contributed by atoms with Crippen LogP contribution in [0.3, 0.4) is 0 Å². The van der Waals surface area contributed by atoms with Crippen molar-refractivity contribution in [2.24, 2.45) is 5.10 Å². The summed E-state index contributed by atoms with van der Waals surface area (Å²) in [6, 6.07) is 27.9. The van der Waals surface area contributed by atoms with Gasteiger partial charge in [0.05, 0.1) is 16.4 Å². The molecule has 0 N–H and O–H groups in total. The molecule has 0 spiro atoms. The van der Waals surface area contributed by atoms with Gasteiger partial charge in [0.2, 0.25) is 0 Å². The number of halogens is 2. The molecule has 31 heavy (non-hydrogen) atoms. The zero-order valence-electron chi connectivity index (χ0n) is 16.9. The number of anilines is 1. The molecule has 2 heterocycles. The van der Waals surface area contributed by atoms with E-state index in [2.05, 4.69) is 43.3 Å². The Balaban J connectivity index is 1.53. The Hall–Kier alpha value is -3.01. The lowest BCUT2D eigenvalue weighted by molar-refractivity contribution is 0.475. The van der Waals surface area contributed by atoms with Gasteiger partial charge in [0.15, 0.2) is 0 Å². The van der Waals surface area contributed by atoms with Crippen molar-refractivity contribution in [2.75, 3.05) is 5.01 Å². The molecule has 0 saturated carbocycles. The van der Waals surface area contributed by atoms with Gasteiger partial charge in [-0.2, -0.15) is 5.10 Å². The Morgan fingerprint density at radius 1 is 0.903 bits per heavy atom. The number of benzene rings is 3. The molecular formula is C26H20Cl2N2O. The number of hydrogen-bond donors (Lipinski definition) is 0. The summed E-state index contributed by atoms with van der Waals surface area (Å²) in [5, 5.41) is 8.24. The molecule has 1 aliphatic rings. The average Bonchev–Trinajstić information content (AvgIpc) is 3.44. The van der Waals surface area contributed by atoms with Gasteiger partial charge in [-0.05, 0) is 55.0 Å². The number of nitrogens with zero attached hydrogens (tertiary/aromatic N) is 2. The molecule has 0 fully saturated rings. The first kappa shape index (κ1) is 19.9. The first-order valence-corrected chi connectivity index (χ1v) is 10.9. The second kappa shape index (κ2) is 8.26. The van der Waals surface area contributed by atoms with Crippen LogP contribution in [0.25, 0.3) is 11.3 Å². The summed E-state index contributed by atoms with van der Waals surface area (Å²) in [6.07, 6.45) is 0.744. The van der Waals surface area contributed by atoms with Crippen LogP contribution in [0.1, 0.15) is 29.3 Å². The maximum atomic E-state index is 6.39. The molecule has 5 heteroatoms. The van der Waals surface area contributed by atoms with E-state index in [0.29, 0.717) is 15.8 Å².